The zero-order valence-corrected chi connectivity index (χ0v) is 15.7. The predicted molar refractivity (Wildman–Crippen MR) is 105 cm³/mol. The van der Waals surface area contributed by atoms with Gasteiger partial charge in [0.25, 0.3) is 0 Å². The summed E-state index contributed by atoms with van der Waals surface area (Å²) in [7, 11) is 0. The van der Waals surface area contributed by atoms with Crippen LogP contribution in [0.1, 0.15) is 37.0 Å². The van der Waals surface area contributed by atoms with Crippen molar-refractivity contribution >= 4 is 5.97 Å². The Bertz CT molecular complexity index is 752. The molecule has 1 spiro atoms. The van der Waals surface area contributed by atoms with E-state index in [1.165, 1.54) is 24.9 Å². The highest BCUT2D eigenvalue weighted by atomic mass is 16.4. The van der Waals surface area contributed by atoms with E-state index in [0.717, 1.165) is 13.1 Å². The van der Waals surface area contributed by atoms with Crippen LogP contribution in [-0.4, -0.2) is 39.7 Å². The quantitative estimate of drug-likeness (QED) is 0.772. The third-order valence-electron chi connectivity index (χ3n) is 5.74. The Morgan fingerprint density at radius 1 is 1.07 bits per heavy atom. The van der Waals surface area contributed by atoms with Gasteiger partial charge < -0.3 is 15.9 Å². The van der Waals surface area contributed by atoms with Crippen molar-refractivity contribution in [2.24, 2.45) is 11.1 Å². The highest BCUT2D eigenvalue weighted by Crippen LogP contribution is 2.57. The van der Waals surface area contributed by atoms with Crippen molar-refractivity contribution in [3.8, 4) is 0 Å². The van der Waals surface area contributed by atoms with Crippen molar-refractivity contribution in [3.05, 3.63) is 71.8 Å². The Kier molecular flexibility index (Phi) is 5.65. The number of nitrogens with two attached hydrogens (primary N) is 1. The minimum absolute atomic E-state index is 0.0295. The van der Waals surface area contributed by atoms with Crippen molar-refractivity contribution in [1.82, 2.24) is 4.90 Å². The molecule has 0 amide bonds. The molecule has 0 bridgehead atoms. The summed E-state index contributed by atoms with van der Waals surface area (Å²) in [5, 5.41) is 17.4. The normalized spacial score (nSPS) is 24.1. The fraction of sp³-hybridized carbons (Fsp3) is 0.409. The monoisotopic (exact) mass is 368 g/mol. The van der Waals surface area contributed by atoms with Gasteiger partial charge in [-0.1, -0.05) is 60.7 Å². The van der Waals surface area contributed by atoms with Gasteiger partial charge in [-0.15, -0.1) is 0 Å². The maximum absolute atomic E-state index is 10.2. The molecule has 0 unspecified atom stereocenters. The smallest absolute Gasteiger partial charge is 0.337 e. The SMILES string of the molecule is C[C@@]1(N)CN(Cc2ccccc2)CC12CC2.O=C(O)[C@H](O)c1ccccc1. The minimum Gasteiger partial charge on any atom is -0.479 e. The number of carboxylic acid groups (broad SMARTS) is 1. The molecule has 1 saturated carbocycles. The van der Waals surface area contributed by atoms with Crippen LogP contribution in [0.15, 0.2) is 60.7 Å². The summed E-state index contributed by atoms with van der Waals surface area (Å²) in [5.74, 6) is -1.23. The zero-order valence-electron chi connectivity index (χ0n) is 15.7. The van der Waals surface area contributed by atoms with Crippen molar-refractivity contribution < 1.29 is 15.0 Å². The molecule has 4 rings (SSSR count). The van der Waals surface area contributed by atoms with Gasteiger partial charge in [0.1, 0.15) is 0 Å². The van der Waals surface area contributed by atoms with Gasteiger partial charge in [-0.05, 0) is 30.9 Å². The second kappa shape index (κ2) is 7.80. The van der Waals surface area contributed by atoms with Crippen LogP contribution in [0.3, 0.4) is 0 Å². The van der Waals surface area contributed by atoms with Crippen molar-refractivity contribution in [1.29, 1.82) is 0 Å². The third kappa shape index (κ3) is 4.56. The van der Waals surface area contributed by atoms with Crippen molar-refractivity contribution in [2.75, 3.05) is 13.1 Å². The minimum atomic E-state index is -1.41. The lowest BCUT2D eigenvalue weighted by Gasteiger charge is -2.25. The summed E-state index contributed by atoms with van der Waals surface area (Å²) < 4.78 is 0. The Labute approximate surface area is 160 Å². The average molecular weight is 368 g/mol. The van der Waals surface area contributed by atoms with Gasteiger partial charge in [-0.25, -0.2) is 4.79 Å². The maximum Gasteiger partial charge on any atom is 0.337 e. The summed E-state index contributed by atoms with van der Waals surface area (Å²) in [6, 6.07) is 19.0. The first-order valence-corrected chi connectivity index (χ1v) is 9.34. The highest BCUT2D eigenvalue weighted by molar-refractivity contribution is 5.73. The molecule has 5 heteroatoms. The first-order chi connectivity index (χ1) is 12.8. The summed E-state index contributed by atoms with van der Waals surface area (Å²) in [6.45, 7) is 5.51. The molecule has 2 aromatic carbocycles. The second-order valence-electron chi connectivity index (χ2n) is 7.98. The van der Waals surface area contributed by atoms with E-state index < -0.39 is 12.1 Å². The second-order valence-corrected chi connectivity index (χ2v) is 7.98. The van der Waals surface area contributed by atoms with E-state index in [1.807, 2.05) is 0 Å². The molecule has 4 N–H and O–H groups in total. The van der Waals surface area contributed by atoms with Crippen LogP contribution in [0, 0.1) is 5.41 Å². The topological polar surface area (TPSA) is 86.8 Å². The first kappa shape index (κ1) is 19.5. The third-order valence-corrected chi connectivity index (χ3v) is 5.74. The molecule has 1 saturated heterocycles. The fourth-order valence-corrected chi connectivity index (χ4v) is 3.91. The molecule has 1 aliphatic heterocycles. The summed E-state index contributed by atoms with van der Waals surface area (Å²) in [6.07, 6.45) is 1.24. The van der Waals surface area contributed by atoms with Gasteiger partial charge in [-0.3, -0.25) is 4.90 Å². The Morgan fingerprint density at radius 2 is 1.63 bits per heavy atom. The number of nitrogens with zero attached hydrogens (tertiary/aromatic N) is 1. The maximum atomic E-state index is 10.2. The van der Waals surface area contributed by atoms with Crippen LogP contribution < -0.4 is 5.73 Å². The number of likely N-dealkylation sites (tertiary alicyclic amines) is 1. The molecule has 144 valence electrons. The van der Waals surface area contributed by atoms with Crippen LogP contribution in [-0.2, 0) is 11.3 Å². The number of carboxylic acids is 1. The average Bonchev–Trinajstić information content (AvgIpc) is 3.39. The number of aliphatic carboxylic acids is 1. The van der Waals surface area contributed by atoms with Crippen molar-refractivity contribution in [2.45, 2.75) is 38.0 Å². The van der Waals surface area contributed by atoms with Gasteiger partial charge in [-0.2, -0.15) is 0 Å². The lowest BCUT2D eigenvalue weighted by Crippen LogP contribution is -2.45. The molecule has 2 atom stereocenters. The fourth-order valence-electron chi connectivity index (χ4n) is 3.91. The van der Waals surface area contributed by atoms with E-state index >= 15 is 0 Å². The van der Waals surface area contributed by atoms with Gasteiger partial charge in [0.15, 0.2) is 6.10 Å². The molecule has 0 radical (unpaired) electrons. The van der Waals surface area contributed by atoms with Crippen LogP contribution >= 0.6 is 0 Å². The summed E-state index contributed by atoms with van der Waals surface area (Å²) in [5.41, 5.74) is 8.70. The molecule has 1 aliphatic carbocycles. The predicted octanol–water partition coefficient (Wildman–Crippen LogP) is 2.80. The molecule has 2 aliphatic rings. The first-order valence-electron chi connectivity index (χ1n) is 9.34. The number of hydrogen-bond donors (Lipinski definition) is 3. The molecule has 2 aromatic rings. The number of carbonyl (C=O) groups is 1. The number of rotatable bonds is 4. The lowest BCUT2D eigenvalue weighted by molar-refractivity contribution is -0.146. The van der Waals surface area contributed by atoms with Crippen LogP contribution in [0.5, 0.6) is 0 Å². The Morgan fingerprint density at radius 3 is 2.11 bits per heavy atom. The highest BCUT2D eigenvalue weighted by Gasteiger charge is 2.59. The lowest BCUT2D eigenvalue weighted by atomic mass is 9.87. The van der Waals surface area contributed by atoms with E-state index in [0.29, 0.717) is 11.0 Å². The summed E-state index contributed by atoms with van der Waals surface area (Å²) in [4.78, 5) is 12.8. The standard InChI is InChI=1S/C14H20N2.C8H8O3/c1-13(15)10-16(11-14(13)7-8-14)9-12-5-3-2-4-6-12;9-7(8(10)11)6-4-2-1-3-5-6/h2-6H,7-11,15H2,1H3;1-5,7,9H,(H,10,11)/t13-;7-/m11/s1. The van der Waals surface area contributed by atoms with Gasteiger partial charge in [0.05, 0.1) is 0 Å². The Balaban J connectivity index is 0.000000168. The van der Waals surface area contributed by atoms with E-state index in [2.05, 4.69) is 42.2 Å². The van der Waals surface area contributed by atoms with Crippen LogP contribution in [0.25, 0.3) is 0 Å². The molecular weight excluding hydrogens is 340 g/mol. The van der Waals surface area contributed by atoms with Gasteiger partial charge >= 0.3 is 5.97 Å². The molecule has 2 fully saturated rings. The van der Waals surface area contributed by atoms with Crippen LogP contribution in [0.2, 0.25) is 0 Å². The molecule has 0 aromatic heterocycles. The zero-order chi connectivity index (χ0) is 19.5. The Hall–Kier alpha value is -2.21. The van der Waals surface area contributed by atoms with E-state index in [-0.39, 0.29) is 5.54 Å². The molecule has 5 nitrogen and oxygen atoms in total. The molecule has 27 heavy (non-hydrogen) atoms. The van der Waals surface area contributed by atoms with E-state index in [1.54, 1.807) is 30.3 Å². The number of aliphatic hydroxyl groups excluding tert-OH is 1. The van der Waals surface area contributed by atoms with Crippen molar-refractivity contribution in [3.63, 3.8) is 0 Å². The van der Waals surface area contributed by atoms with Gasteiger partial charge in [0, 0.05) is 30.6 Å². The largest absolute Gasteiger partial charge is 0.479 e. The van der Waals surface area contributed by atoms with E-state index in [9.17, 15) is 4.79 Å². The van der Waals surface area contributed by atoms with Gasteiger partial charge in [0.2, 0.25) is 0 Å². The number of benzene rings is 2. The van der Waals surface area contributed by atoms with E-state index in [4.69, 9.17) is 15.9 Å². The van der Waals surface area contributed by atoms with Crippen LogP contribution in [0.4, 0.5) is 0 Å². The number of aliphatic hydroxyl groups is 1. The summed E-state index contributed by atoms with van der Waals surface area (Å²) >= 11 is 0. The molecular formula is C22H28N2O3. The number of hydrogen-bond acceptors (Lipinski definition) is 4. The molecule has 1 heterocycles.